The zero-order valence-electron chi connectivity index (χ0n) is 12.2. The molecule has 3 rings (SSSR count). The third-order valence-corrected chi connectivity index (χ3v) is 4.37. The van der Waals surface area contributed by atoms with Crippen molar-refractivity contribution in [3.63, 3.8) is 0 Å². The zero-order chi connectivity index (χ0) is 15.5. The summed E-state index contributed by atoms with van der Waals surface area (Å²) in [7, 11) is 1.79. The average Bonchev–Trinajstić information content (AvgIpc) is 2.99. The van der Waals surface area contributed by atoms with Gasteiger partial charge in [0, 0.05) is 6.07 Å². The molecule has 1 atom stereocenters. The number of aromatic amines is 1. The molecular formula is C15H15N3O3S. The lowest BCUT2D eigenvalue weighted by Crippen LogP contribution is -2.02. The Morgan fingerprint density at radius 3 is 2.68 bits per heavy atom. The Balaban J connectivity index is 1.84. The largest absolute Gasteiger partial charge is 0.493 e. The van der Waals surface area contributed by atoms with Crippen molar-refractivity contribution in [3.05, 3.63) is 42.2 Å². The highest BCUT2D eigenvalue weighted by Gasteiger charge is 2.13. The fourth-order valence-electron chi connectivity index (χ4n) is 2.10. The fourth-order valence-corrected chi connectivity index (χ4v) is 3.08. The van der Waals surface area contributed by atoms with E-state index in [1.165, 1.54) is 0 Å². The third-order valence-electron chi connectivity index (χ3n) is 3.19. The van der Waals surface area contributed by atoms with Crippen molar-refractivity contribution in [2.75, 3.05) is 14.2 Å². The molecule has 0 bridgehead atoms. The van der Waals surface area contributed by atoms with Gasteiger partial charge in [0.15, 0.2) is 16.7 Å². The van der Waals surface area contributed by atoms with Gasteiger partial charge in [-0.2, -0.15) is 0 Å². The second-order valence-electron chi connectivity index (χ2n) is 4.58. The molecule has 0 spiro atoms. The molecule has 0 saturated carbocycles. The number of nitrogens with one attached hydrogen (secondary N) is 1. The van der Waals surface area contributed by atoms with Crippen molar-refractivity contribution in [2.45, 2.75) is 10.9 Å². The third kappa shape index (κ3) is 2.80. The van der Waals surface area contributed by atoms with Crippen LogP contribution >= 0.6 is 0 Å². The van der Waals surface area contributed by atoms with Crippen LogP contribution in [-0.4, -0.2) is 33.4 Å². The highest BCUT2D eigenvalue weighted by molar-refractivity contribution is 7.84. The number of benzene rings is 1. The number of hydrogen-bond donors (Lipinski definition) is 1. The highest BCUT2D eigenvalue weighted by Crippen LogP contribution is 2.26. The molecule has 0 amide bonds. The number of imidazole rings is 1. The Kier molecular flexibility index (Phi) is 4.06. The van der Waals surface area contributed by atoms with E-state index in [9.17, 15) is 4.21 Å². The first-order valence-corrected chi connectivity index (χ1v) is 7.93. The Labute approximate surface area is 130 Å². The number of ether oxygens (including phenoxy) is 2. The molecule has 1 N–H and O–H groups in total. The van der Waals surface area contributed by atoms with Crippen molar-refractivity contribution in [3.8, 4) is 11.5 Å². The molecule has 114 valence electrons. The van der Waals surface area contributed by atoms with Crippen molar-refractivity contribution >= 4 is 21.8 Å². The Morgan fingerprint density at radius 1 is 1.18 bits per heavy atom. The minimum absolute atomic E-state index is 0.250. The van der Waals surface area contributed by atoms with Crippen molar-refractivity contribution in [1.29, 1.82) is 0 Å². The van der Waals surface area contributed by atoms with Gasteiger partial charge in [-0.1, -0.05) is 12.1 Å². The first-order chi connectivity index (χ1) is 10.7. The number of methoxy groups -OCH3 is 2. The van der Waals surface area contributed by atoms with Crippen molar-refractivity contribution in [1.82, 2.24) is 15.0 Å². The van der Waals surface area contributed by atoms with E-state index >= 15 is 0 Å². The summed E-state index contributed by atoms with van der Waals surface area (Å²) < 4.78 is 22.8. The van der Waals surface area contributed by atoms with E-state index in [1.54, 1.807) is 26.5 Å². The average molecular weight is 317 g/mol. The fraction of sp³-hybridized carbons (Fsp3) is 0.200. The lowest BCUT2D eigenvalue weighted by Gasteiger charge is -2.08. The first-order valence-electron chi connectivity index (χ1n) is 6.61. The topological polar surface area (TPSA) is 77.1 Å². The number of H-pyrrole nitrogens is 1. The van der Waals surface area contributed by atoms with Gasteiger partial charge < -0.3 is 14.5 Å². The number of nitrogens with zero attached hydrogens (tertiary/aromatic N) is 2. The molecule has 1 aromatic carbocycles. The molecule has 0 aliphatic carbocycles. The van der Waals surface area contributed by atoms with Crippen LogP contribution in [0.1, 0.15) is 5.69 Å². The minimum Gasteiger partial charge on any atom is -0.493 e. The number of aromatic nitrogens is 3. The molecule has 2 heterocycles. The van der Waals surface area contributed by atoms with Gasteiger partial charge in [0.05, 0.1) is 53.7 Å². The number of rotatable bonds is 5. The summed E-state index contributed by atoms with van der Waals surface area (Å²) in [5.74, 6) is 1.36. The van der Waals surface area contributed by atoms with E-state index in [0.29, 0.717) is 22.3 Å². The summed E-state index contributed by atoms with van der Waals surface area (Å²) in [6.07, 6.45) is 1.56. The Bertz CT molecular complexity index is 799. The van der Waals surface area contributed by atoms with Crippen molar-refractivity contribution in [2.24, 2.45) is 0 Å². The van der Waals surface area contributed by atoms with Crippen LogP contribution in [0.2, 0.25) is 0 Å². The van der Waals surface area contributed by atoms with Crippen LogP contribution in [0.25, 0.3) is 11.0 Å². The summed E-state index contributed by atoms with van der Waals surface area (Å²) >= 11 is 0. The van der Waals surface area contributed by atoms with Gasteiger partial charge in [-0.3, -0.25) is 9.19 Å². The van der Waals surface area contributed by atoms with Gasteiger partial charge in [-0.25, -0.2) is 4.98 Å². The van der Waals surface area contributed by atoms with Crippen LogP contribution in [0, 0.1) is 0 Å². The minimum atomic E-state index is -1.31. The summed E-state index contributed by atoms with van der Waals surface area (Å²) in [5, 5.41) is 0.442. The van der Waals surface area contributed by atoms with Gasteiger partial charge in [0.2, 0.25) is 0 Å². The molecule has 0 aliphatic heterocycles. The summed E-state index contributed by atoms with van der Waals surface area (Å²) in [5.41, 5.74) is 2.31. The van der Waals surface area contributed by atoms with Crippen LogP contribution in [0.3, 0.4) is 0 Å². The Hall–Kier alpha value is -2.41. The van der Waals surface area contributed by atoms with Gasteiger partial charge in [-0.15, -0.1) is 0 Å². The number of hydrogen-bond acceptors (Lipinski definition) is 5. The second-order valence-corrected chi connectivity index (χ2v) is 5.95. The number of pyridine rings is 1. The zero-order valence-corrected chi connectivity index (χ0v) is 13.0. The van der Waals surface area contributed by atoms with Gasteiger partial charge in [-0.05, 0) is 12.1 Å². The number of para-hydroxylation sites is 2. The van der Waals surface area contributed by atoms with E-state index in [1.807, 2.05) is 24.3 Å². The molecule has 1 unspecified atom stereocenters. The van der Waals surface area contributed by atoms with E-state index in [-0.39, 0.29) is 5.75 Å². The molecule has 6 nitrogen and oxygen atoms in total. The molecule has 3 aromatic rings. The lowest BCUT2D eigenvalue weighted by molar-refractivity contribution is 0.353. The summed E-state index contributed by atoms with van der Waals surface area (Å²) in [4.78, 5) is 11.7. The quantitative estimate of drug-likeness (QED) is 0.781. The molecule has 7 heteroatoms. The van der Waals surface area contributed by atoms with Crippen LogP contribution in [0.5, 0.6) is 11.5 Å². The van der Waals surface area contributed by atoms with Crippen LogP contribution in [0.15, 0.2) is 41.7 Å². The standard InChI is InChI=1S/C15H15N3O3S/c1-20-13-7-10(16-8-14(13)21-2)9-22(19)15-17-11-5-3-4-6-12(11)18-15/h3-8H,9H2,1-2H3,(H,17,18). The van der Waals surface area contributed by atoms with E-state index in [4.69, 9.17) is 9.47 Å². The number of fused-ring (bicyclic) bond motifs is 1. The Morgan fingerprint density at radius 2 is 1.95 bits per heavy atom. The summed E-state index contributed by atoms with van der Waals surface area (Å²) in [6, 6.07) is 9.30. The lowest BCUT2D eigenvalue weighted by atomic mass is 10.3. The van der Waals surface area contributed by atoms with Crippen LogP contribution < -0.4 is 9.47 Å². The first kappa shape index (κ1) is 14.5. The maximum absolute atomic E-state index is 12.4. The maximum atomic E-state index is 12.4. The van der Waals surface area contributed by atoms with E-state index < -0.39 is 10.8 Å². The van der Waals surface area contributed by atoms with Gasteiger partial charge in [0.25, 0.3) is 0 Å². The van der Waals surface area contributed by atoms with Gasteiger partial charge >= 0.3 is 0 Å². The molecule has 0 saturated heterocycles. The molecule has 0 aliphatic rings. The molecule has 22 heavy (non-hydrogen) atoms. The highest BCUT2D eigenvalue weighted by atomic mass is 32.2. The second kappa shape index (κ2) is 6.15. The van der Waals surface area contributed by atoms with Crippen molar-refractivity contribution < 1.29 is 13.7 Å². The van der Waals surface area contributed by atoms with Gasteiger partial charge in [0.1, 0.15) is 0 Å². The smallest absolute Gasteiger partial charge is 0.197 e. The predicted octanol–water partition coefficient (Wildman–Crippen LogP) is 2.28. The SMILES string of the molecule is COc1cnc(CS(=O)c2nc3ccccc3[nH]2)cc1OC. The van der Waals surface area contributed by atoms with E-state index in [0.717, 1.165) is 11.0 Å². The van der Waals surface area contributed by atoms with Crippen LogP contribution in [0.4, 0.5) is 0 Å². The monoisotopic (exact) mass is 317 g/mol. The molecule has 2 aromatic heterocycles. The predicted molar refractivity (Wildman–Crippen MR) is 83.5 cm³/mol. The molecular weight excluding hydrogens is 302 g/mol. The molecule has 0 radical (unpaired) electrons. The van der Waals surface area contributed by atoms with Crippen LogP contribution in [-0.2, 0) is 16.6 Å². The van der Waals surface area contributed by atoms with E-state index in [2.05, 4.69) is 15.0 Å². The molecule has 0 fully saturated rings. The maximum Gasteiger partial charge on any atom is 0.197 e. The summed E-state index contributed by atoms with van der Waals surface area (Å²) in [6.45, 7) is 0. The normalized spacial score (nSPS) is 12.3.